The molecular formula is C42H53N5O. The largest absolute Gasteiger partial charge is 0.456 e. The van der Waals surface area contributed by atoms with Crippen molar-refractivity contribution in [2.24, 2.45) is 4.99 Å². The van der Waals surface area contributed by atoms with Crippen LogP contribution in [0.4, 0.5) is 28.4 Å². The molecule has 4 aromatic rings. The molecule has 1 atom stereocenters. The summed E-state index contributed by atoms with van der Waals surface area (Å²) in [5.41, 5.74) is 11.9. The Balaban J connectivity index is 1.63. The van der Waals surface area contributed by atoms with Crippen LogP contribution in [0.5, 0.6) is 0 Å². The standard InChI is InChI=1S/C42H53N5O/c1-9-44(10-2)31-19-17-30(18-20-31)41-43-40-29-34(47(15-7)16-8)23-26-38(40)42(48-41)37-25-22-32(45(11-3)12-4)27-36(37)35-24-21-33(28-39(35)42)46(13-5)14-6/h17-29H,9-16H2,1-8H3. The van der Waals surface area contributed by atoms with E-state index in [4.69, 9.17) is 9.73 Å². The Morgan fingerprint density at radius 2 is 0.917 bits per heavy atom. The lowest BCUT2D eigenvalue weighted by atomic mass is 9.81. The van der Waals surface area contributed by atoms with Crippen molar-refractivity contribution in [2.45, 2.75) is 61.0 Å². The van der Waals surface area contributed by atoms with Gasteiger partial charge in [0.25, 0.3) is 0 Å². The summed E-state index contributed by atoms with van der Waals surface area (Å²) in [7, 11) is 0. The number of fused-ring (bicyclic) bond motifs is 7. The summed E-state index contributed by atoms with van der Waals surface area (Å²) in [6.45, 7) is 25.4. The summed E-state index contributed by atoms with van der Waals surface area (Å²) >= 11 is 0. The molecule has 6 nitrogen and oxygen atoms in total. The van der Waals surface area contributed by atoms with Gasteiger partial charge in [0, 0.05) is 97.4 Å². The second kappa shape index (κ2) is 14.0. The Morgan fingerprint density at radius 3 is 1.48 bits per heavy atom. The lowest BCUT2D eigenvalue weighted by molar-refractivity contribution is 0.142. The Kier molecular flexibility index (Phi) is 9.73. The van der Waals surface area contributed by atoms with Crippen molar-refractivity contribution in [1.82, 2.24) is 0 Å². The molecule has 0 saturated carbocycles. The topological polar surface area (TPSA) is 34.6 Å². The predicted octanol–water partition coefficient (Wildman–Crippen LogP) is 9.45. The maximum atomic E-state index is 7.45. The van der Waals surface area contributed by atoms with Crippen LogP contribution in [-0.2, 0) is 10.3 Å². The van der Waals surface area contributed by atoms with Gasteiger partial charge >= 0.3 is 0 Å². The first-order chi connectivity index (χ1) is 23.4. The van der Waals surface area contributed by atoms with E-state index in [-0.39, 0.29) is 0 Å². The molecule has 1 aliphatic carbocycles. The zero-order valence-electron chi connectivity index (χ0n) is 30.3. The van der Waals surface area contributed by atoms with Gasteiger partial charge in [-0.25, -0.2) is 4.99 Å². The van der Waals surface area contributed by atoms with E-state index in [1.54, 1.807) is 0 Å². The van der Waals surface area contributed by atoms with Crippen LogP contribution in [0.3, 0.4) is 0 Å². The molecule has 1 spiro atoms. The van der Waals surface area contributed by atoms with Crippen molar-refractivity contribution >= 4 is 34.3 Å². The Labute approximate surface area is 288 Å². The van der Waals surface area contributed by atoms with Crippen LogP contribution in [0.1, 0.15) is 77.6 Å². The molecule has 0 radical (unpaired) electrons. The third-order valence-electron chi connectivity index (χ3n) is 10.5. The molecule has 2 aliphatic rings. The fourth-order valence-corrected chi connectivity index (χ4v) is 7.79. The lowest BCUT2D eigenvalue weighted by Gasteiger charge is -2.38. The van der Waals surface area contributed by atoms with Gasteiger partial charge in [0.05, 0.1) is 5.69 Å². The van der Waals surface area contributed by atoms with Crippen LogP contribution in [0, 0.1) is 0 Å². The molecule has 1 heterocycles. The van der Waals surface area contributed by atoms with Crippen LogP contribution >= 0.6 is 0 Å². The summed E-state index contributed by atoms with van der Waals surface area (Å²) < 4.78 is 7.45. The molecule has 0 N–H and O–H groups in total. The average molecular weight is 644 g/mol. The van der Waals surface area contributed by atoms with Crippen molar-refractivity contribution in [3.8, 4) is 11.1 Å². The van der Waals surface area contributed by atoms with Crippen molar-refractivity contribution in [3.05, 3.63) is 101 Å². The van der Waals surface area contributed by atoms with Gasteiger partial charge in [-0.1, -0.05) is 18.2 Å². The average Bonchev–Trinajstić information content (AvgIpc) is 3.39. The van der Waals surface area contributed by atoms with Crippen LogP contribution in [0.15, 0.2) is 83.9 Å². The summed E-state index contributed by atoms with van der Waals surface area (Å²) in [5, 5.41) is 0. The summed E-state index contributed by atoms with van der Waals surface area (Å²) in [6, 6.07) is 29.5. The van der Waals surface area contributed by atoms with E-state index < -0.39 is 5.60 Å². The zero-order valence-corrected chi connectivity index (χ0v) is 30.3. The van der Waals surface area contributed by atoms with Crippen molar-refractivity contribution in [3.63, 3.8) is 0 Å². The van der Waals surface area contributed by atoms with E-state index in [1.165, 1.54) is 45.0 Å². The SMILES string of the molecule is CCN(CC)c1ccc(C2=Nc3cc(N(CC)CC)ccc3C3(O2)c2ccc(N(CC)CC)cc2-c2ccc(N(CC)CC)cc23)cc1. The first-order valence-electron chi connectivity index (χ1n) is 18.2. The van der Waals surface area contributed by atoms with Gasteiger partial charge in [-0.3, -0.25) is 0 Å². The first kappa shape index (κ1) is 33.5. The quantitative estimate of drug-likeness (QED) is 0.145. The normalized spacial score (nSPS) is 15.7. The Morgan fingerprint density at radius 1 is 0.458 bits per heavy atom. The molecule has 0 amide bonds. The minimum Gasteiger partial charge on any atom is -0.456 e. The van der Waals surface area contributed by atoms with Crippen molar-refractivity contribution in [2.75, 3.05) is 72.0 Å². The molecule has 1 unspecified atom stereocenters. The van der Waals surface area contributed by atoms with E-state index in [2.05, 4.69) is 154 Å². The van der Waals surface area contributed by atoms with Gasteiger partial charge in [-0.05, 0) is 127 Å². The van der Waals surface area contributed by atoms with E-state index in [1.807, 2.05) is 0 Å². The highest BCUT2D eigenvalue weighted by molar-refractivity contribution is 6.01. The van der Waals surface area contributed by atoms with E-state index in [0.29, 0.717) is 5.90 Å². The molecule has 0 fully saturated rings. The van der Waals surface area contributed by atoms with E-state index in [9.17, 15) is 0 Å². The molecule has 0 saturated heterocycles. The fourth-order valence-electron chi connectivity index (χ4n) is 7.79. The minimum absolute atomic E-state index is 0.658. The van der Waals surface area contributed by atoms with Crippen LogP contribution in [0.2, 0.25) is 0 Å². The summed E-state index contributed by atoms with van der Waals surface area (Å²) in [4.78, 5) is 14.9. The Hall–Kier alpha value is -4.45. The van der Waals surface area contributed by atoms with E-state index in [0.717, 1.165) is 69.2 Å². The highest BCUT2D eigenvalue weighted by atomic mass is 16.5. The molecule has 0 aromatic heterocycles. The molecule has 6 heteroatoms. The number of anilines is 4. The number of ether oxygens (including phenoxy) is 1. The summed E-state index contributed by atoms with van der Waals surface area (Å²) in [5.74, 6) is 0.658. The van der Waals surface area contributed by atoms with Gasteiger partial charge in [0.2, 0.25) is 5.90 Å². The molecule has 48 heavy (non-hydrogen) atoms. The van der Waals surface area contributed by atoms with Gasteiger partial charge in [0.1, 0.15) is 0 Å². The van der Waals surface area contributed by atoms with Crippen LogP contribution < -0.4 is 19.6 Å². The van der Waals surface area contributed by atoms with Gasteiger partial charge in [0.15, 0.2) is 5.60 Å². The summed E-state index contributed by atoms with van der Waals surface area (Å²) in [6.07, 6.45) is 0. The molecule has 4 aromatic carbocycles. The monoisotopic (exact) mass is 643 g/mol. The highest BCUT2D eigenvalue weighted by Crippen LogP contribution is 2.58. The number of rotatable bonds is 13. The number of aliphatic imine (C=N–C) groups is 1. The zero-order chi connectivity index (χ0) is 34.0. The molecule has 252 valence electrons. The fraction of sp³-hybridized carbons (Fsp3) is 0.405. The van der Waals surface area contributed by atoms with Crippen molar-refractivity contribution in [1.29, 1.82) is 0 Å². The van der Waals surface area contributed by atoms with Crippen LogP contribution in [-0.4, -0.2) is 58.3 Å². The first-order valence-corrected chi connectivity index (χ1v) is 18.2. The highest BCUT2D eigenvalue weighted by Gasteiger charge is 2.51. The van der Waals surface area contributed by atoms with Gasteiger partial charge in [-0.15, -0.1) is 0 Å². The Bertz CT molecular complexity index is 1760. The minimum atomic E-state index is -0.846. The van der Waals surface area contributed by atoms with Crippen LogP contribution in [0.25, 0.3) is 11.1 Å². The maximum absolute atomic E-state index is 7.45. The third kappa shape index (κ3) is 5.49. The number of benzene rings is 4. The smallest absolute Gasteiger partial charge is 0.222 e. The second-order valence-electron chi connectivity index (χ2n) is 12.6. The molecular weight excluding hydrogens is 590 g/mol. The van der Waals surface area contributed by atoms with E-state index >= 15 is 0 Å². The second-order valence-corrected chi connectivity index (χ2v) is 12.6. The molecule has 0 bridgehead atoms. The number of hydrogen-bond donors (Lipinski definition) is 0. The van der Waals surface area contributed by atoms with Gasteiger partial charge < -0.3 is 24.3 Å². The molecule has 6 rings (SSSR count). The van der Waals surface area contributed by atoms with Gasteiger partial charge in [-0.2, -0.15) is 0 Å². The van der Waals surface area contributed by atoms with Crippen molar-refractivity contribution < 1.29 is 4.74 Å². The third-order valence-corrected chi connectivity index (χ3v) is 10.5. The number of nitrogens with zero attached hydrogens (tertiary/aromatic N) is 5. The predicted molar refractivity (Wildman–Crippen MR) is 206 cm³/mol. The number of hydrogen-bond acceptors (Lipinski definition) is 6. The maximum Gasteiger partial charge on any atom is 0.222 e. The molecule has 1 aliphatic heterocycles. The lowest BCUT2D eigenvalue weighted by Crippen LogP contribution is -2.36.